The van der Waals surface area contributed by atoms with Gasteiger partial charge in [0.15, 0.2) is 0 Å². The fourth-order valence-electron chi connectivity index (χ4n) is 1.84. The fraction of sp³-hybridized carbons (Fsp3) is 0.417. The zero-order chi connectivity index (χ0) is 11.4. The van der Waals surface area contributed by atoms with E-state index in [2.05, 4.69) is 11.4 Å². The molecule has 1 aromatic rings. The monoisotopic (exact) mass is 217 g/mol. The van der Waals surface area contributed by atoms with Crippen LogP contribution in [-0.2, 0) is 4.74 Å². The molecule has 0 radical (unpaired) electrons. The summed E-state index contributed by atoms with van der Waals surface area (Å²) in [5.41, 5.74) is 7.72. The third kappa shape index (κ3) is 2.44. The van der Waals surface area contributed by atoms with Gasteiger partial charge in [-0.25, -0.2) is 0 Å². The van der Waals surface area contributed by atoms with Crippen molar-refractivity contribution >= 4 is 11.4 Å². The minimum absolute atomic E-state index is 0.393. The van der Waals surface area contributed by atoms with Gasteiger partial charge in [0.2, 0.25) is 0 Å². The second-order valence-electron chi connectivity index (χ2n) is 3.95. The van der Waals surface area contributed by atoms with Gasteiger partial charge in [-0.15, -0.1) is 0 Å². The summed E-state index contributed by atoms with van der Waals surface area (Å²) in [6.45, 7) is 1.57. The minimum Gasteiger partial charge on any atom is -0.399 e. The topological polar surface area (TPSA) is 71.1 Å². The number of benzene rings is 1. The molecular weight excluding hydrogens is 202 g/mol. The molecule has 84 valence electrons. The molecular formula is C12H15N3O. The van der Waals surface area contributed by atoms with E-state index in [0.29, 0.717) is 17.3 Å². The second kappa shape index (κ2) is 4.86. The largest absolute Gasteiger partial charge is 0.399 e. The Morgan fingerprint density at radius 1 is 1.38 bits per heavy atom. The Balaban J connectivity index is 2.11. The Labute approximate surface area is 95.0 Å². The summed E-state index contributed by atoms with van der Waals surface area (Å²) in [4.78, 5) is 0. The van der Waals surface area contributed by atoms with Gasteiger partial charge in [0.25, 0.3) is 0 Å². The molecule has 1 aromatic carbocycles. The van der Waals surface area contributed by atoms with Crippen molar-refractivity contribution in [2.24, 2.45) is 0 Å². The first-order chi connectivity index (χ1) is 7.79. The SMILES string of the molecule is N#Cc1cc(N)ccc1NC1CCOCC1. The van der Waals surface area contributed by atoms with Crippen LogP contribution in [-0.4, -0.2) is 19.3 Å². The molecule has 4 nitrogen and oxygen atoms in total. The number of nitrogens with two attached hydrogens (primary N) is 1. The van der Waals surface area contributed by atoms with Gasteiger partial charge in [0.05, 0.1) is 11.3 Å². The molecule has 1 fully saturated rings. The zero-order valence-corrected chi connectivity index (χ0v) is 9.07. The first kappa shape index (κ1) is 10.8. The Morgan fingerprint density at radius 2 is 2.12 bits per heavy atom. The number of ether oxygens (including phenoxy) is 1. The lowest BCUT2D eigenvalue weighted by Crippen LogP contribution is -2.28. The number of nitriles is 1. The molecule has 4 heteroatoms. The first-order valence-corrected chi connectivity index (χ1v) is 5.43. The fourth-order valence-corrected chi connectivity index (χ4v) is 1.84. The number of hydrogen-bond donors (Lipinski definition) is 2. The molecule has 0 spiro atoms. The summed E-state index contributed by atoms with van der Waals surface area (Å²) in [5.74, 6) is 0. The molecule has 0 atom stereocenters. The summed E-state index contributed by atoms with van der Waals surface area (Å²) < 4.78 is 5.29. The average Bonchev–Trinajstić information content (AvgIpc) is 2.33. The van der Waals surface area contributed by atoms with E-state index in [9.17, 15) is 0 Å². The molecule has 0 saturated carbocycles. The van der Waals surface area contributed by atoms with Crippen molar-refractivity contribution < 1.29 is 4.74 Å². The maximum absolute atomic E-state index is 9.00. The van der Waals surface area contributed by atoms with Crippen LogP contribution >= 0.6 is 0 Å². The summed E-state index contributed by atoms with van der Waals surface area (Å²) in [6, 6.07) is 7.91. The van der Waals surface area contributed by atoms with Gasteiger partial charge < -0.3 is 15.8 Å². The summed E-state index contributed by atoms with van der Waals surface area (Å²) in [7, 11) is 0. The van der Waals surface area contributed by atoms with Crippen molar-refractivity contribution in [1.29, 1.82) is 5.26 Å². The quantitative estimate of drug-likeness (QED) is 0.740. The molecule has 0 aliphatic carbocycles. The standard InChI is InChI=1S/C12H15N3O/c13-8-9-7-10(14)1-2-12(9)15-11-3-5-16-6-4-11/h1-2,7,11,15H,3-6,14H2. The number of nitrogens with one attached hydrogen (secondary N) is 1. The smallest absolute Gasteiger partial charge is 0.101 e. The van der Waals surface area contributed by atoms with Gasteiger partial charge in [-0.1, -0.05) is 0 Å². The van der Waals surface area contributed by atoms with Crippen LogP contribution in [0.1, 0.15) is 18.4 Å². The van der Waals surface area contributed by atoms with Crippen LogP contribution in [0.2, 0.25) is 0 Å². The highest BCUT2D eigenvalue weighted by atomic mass is 16.5. The van der Waals surface area contributed by atoms with E-state index < -0.39 is 0 Å². The highest BCUT2D eigenvalue weighted by Gasteiger charge is 2.14. The van der Waals surface area contributed by atoms with E-state index in [1.165, 1.54) is 0 Å². The van der Waals surface area contributed by atoms with E-state index in [1.807, 2.05) is 12.1 Å². The molecule has 1 saturated heterocycles. The average molecular weight is 217 g/mol. The highest BCUT2D eigenvalue weighted by Crippen LogP contribution is 2.21. The Hall–Kier alpha value is -1.73. The van der Waals surface area contributed by atoms with Crippen LogP contribution in [0, 0.1) is 11.3 Å². The number of rotatable bonds is 2. The molecule has 3 N–H and O–H groups in total. The van der Waals surface area contributed by atoms with Crippen LogP contribution < -0.4 is 11.1 Å². The van der Waals surface area contributed by atoms with Crippen molar-refractivity contribution in [3.63, 3.8) is 0 Å². The van der Waals surface area contributed by atoms with Gasteiger partial charge in [-0.2, -0.15) is 5.26 Å². The first-order valence-electron chi connectivity index (χ1n) is 5.43. The van der Waals surface area contributed by atoms with Gasteiger partial charge in [0.1, 0.15) is 6.07 Å². The van der Waals surface area contributed by atoms with Gasteiger partial charge in [0, 0.05) is 24.9 Å². The van der Waals surface area contributed by atoms with Crippen molar-refractivity contribution in [3.05, 3.63) is 23.8 Å². The lowest BCUT2D eigenvalue weighted by molar-refractivity contribution is 0.0904. The number of nitrogen functional groups attached to an aromatic ring is 1. The predicted molar refractivity (Wildman–Crippen MR) is 63.0 cm³/mol. The van der Waals surface area contributed by atoms with Crippen molar-refractivity contribution in [3.8, 4) is 6.07 Å². The normalized spacial score (nSPS) is 16.7. The van der Waals surface area contributed by atoms with Crippen molar-refractivity contribution in [2.75, 3.05) is 24.3 Å². The lowest BCUT2D eigenvalue weighted by Gasteiger charge is -2.24. The molecule has 2 rings (SSSR count). The predicted octanol–water partition coefficient (Wildman–Crippen LogP) is 1.73. The molecule has 16 heavy (non-hydrogen) atoms. The Bertz CT molecular complexity index is 405. The van der Waals surface area contributed by atoms with Crippen molar-refractivity contribution in [2.45, 2.75) is 18.9 Å². The molecule has 0 unspecified atom stereocenters. The highest BCUT2D eigenvalue weighted by molar-refractivity contribution is 5.63. The molecule has 1 heterocycles. The number of hydrogen-bond acceptors (Lipinski definition) is 4. The molecule has 0 bridgehead atoms. The lowest BCUT2D eigenvalue weighted by atomic mass is 10.1. The van der Waals surface area contributed by atoms with E-state index >= 15 is 0 Å². The maximum atomic E-state index is 9.00. The second-order valence-corrected chi connectivity index (χ2v) is 3.95. The third-order valence-electron chi connectivity index (χ3n) is 2.75. The van der Waals surface area contributed by atoms with Crippen LogP contribution in [0.25, 0.3) is 0 Å². The van der Waals surface area contributed by atoms with Crippen molar-refractivity contribution in [1.82, 2.24) is 0 Å². The molecule has 0 amide bonds. The van der Waals surface area contributed by atoms with Crippen LogP contribution in [0.15, 0.2) is 18.2 Å². The molecule has 1 aliphatic heterocycles. The van der Waals surface area contributed by atoms with Gasteiger partial charge >= 0.3 is 0 Å². The molecule has 0 aromatic heterocycles. The van der Waals surface area contributed by atoms with Crippen LogP contribution in [0.5, 0.6) is 0 Å². The Kier molecular flexibility index (Phi) is 3.28. The Morgan fingerprint density at radius 3 is 2.81 bits per heavy atom. The summed E-state index contributed by atoms with van der Waals surface area (Å²) >= 11 is 0. The van der Waals surface area contributed by atoms with Crippen LogP contribution in [0.3, 0.4) is 0 Å². The minimum atomic E-state index is 0.393. The van der Waals surface area contributed by atoms with Crippen LogP contribution in [0.4, 0.5) is 11.4 Å². The number of anilines is 2. The van der Waals surface area contributed by atoms with Gasteiger partial charge in [-0.05, 0) is 31.0 Å². The summed E-state index contributed by atoms with van der Waals surface area (Å²) in [5, 5.41) is 12.4. The van der Waals surface area contributed by atoms with E-state index in [0.717, 1.165) is 31.7 Å². The summed E-state index contributed by atoms with van der Waals surface area (Å²) in [6.07, 6.45) is 1.96. The third-order valence-corrected chi connectivity index (χ3v) is 2.75. The maximum Gasteiger partial charge on any atom is 0.101 e. The molecule has 1 aliphatic rings. The van der Waals surface area contributed by atoms with E-state index in [-0.39, 0.29) is 0 Å². The number of nitrogens with zero attached hydrogens (tertiary/aromatic N) is 1. The van der Waals surface area contributed by atoms with E-state index in [4.69, 9.17) is 15.7 Å². The zero-order valence-electron chi connectivity index (χ0n) is 9.07. The van der Waals surface area contributed by atoms with Gasteiger partial charge in [-0.3, -0.25) is 0 Å². The van der Waals surface area contributed by atoms with E-state index in [1.54, 1.807) is 6.07 Å².